The van der Waals surface area contributed by atoms with E-state index in [0.717, 1.165) is 43.7 Å². The number of pyridine rings is 1. The highest BCUT2D eigenvalue weighted by atomic mass is 32.2. The molecule has 1 amide bonds. The Morgan fingerprint density at radius 2 is 1.90 bits per heavy atom. The molecule has 3 heterocycles. The topological polar surface area (TPSA) is 69.3 Å². The van der Waals surface area contributed by atoms with Gasteiger partial charge in [0.1, 0.15) is 21.8 Å². The van der Waals surface area contributed by atoms with Crippen molar-refractivity contribution in [2.75, 3.05) is 24.5 Å². The summed E-state index contributed by atoms with van der Waals surface area (Å²) in [5.41, 5.74) is 1.27. The van der Waals surface area contributed by atoms with E-state index in [1.165, 1.54) is 29.5 Å². The van der Waals surface area contributed by atoms with Crippen molar-refractivity contribution in [1.29, 1.82) is 5.26 Å². The average molecular weight is 457 g/mol. The van der Waals surface area contributed by atoms with Crippen molar-refractivity contribution in [3.05, 3.63) is 44.6 Å². The molecule has 31 heavy (non-hydrogen) atoms. The van der Waals surface area contributed by atoms with Gasteiger partial charge in [-0.05, 0) is 37.8 Å². The predicted molar refractivity (Wildman–Crippen MR) is 131 cm³/mol. The summed E-state index contributed by atoms with van der Waals surface area (Å²) in [5, 5.41) is 9.72. The van der Waals surface area contributed by atoms with Gasteiger partial charge in [0.2, 0.25) is 0 Å². The van der Waals surface area contributed by atoms with Gasteiger partial charge in [0.25, 0.3) is 11.5 Å². The fourth-order valence-electron chi connectivity index (χ4n) is 4.12. The van der Waals surface area contributed by atoms with Crippen LogP contribution in [0.25, 0.3) is 6.08 Å². The number of aromatic nitrogens is 1. The first-order valence-electron chi connectivity index (χ1n) is 10.7. The number of carbonyl (C=O) groups excluding carboxylic acids is 1. The van der Waals surface area contributed by atoms with Crippen molar-refractivity contribution in [2.45, 2.75) is 52.5 Å². The highest BCUT2D eigenvalue weighted by molar-refractivity contribution is 8.26. The molecule has 0 radical (unpaired) electrons. The van der Waals surface area contributed by atoms with Gasteiger partial charge >= 0.3 is 0 Å². The van der Waals surface area contributed by atoms with Gasteiger partial charge in [-0.25, -0.2) is 0 Å². The lowest BCUT2D eigenvalue weighted by Crippen LogP contribution is -2.35. The Balaban J connectivity index is 2.25. The van der Waals surface area contributed by atoms with E-state index in [9.17, 15) is 14.9 Å². The highest BCUT2D eigenvalue weighted by Gasteiger charge is 2.32. The largest absolute Gasteiger partial charge is 0.357 e. The van der Waals surface area contributed by atoms with E-state index < -0.39 is 0 Å². The molecule has 0 spiro atoms. The third-order valence-electron chi connectivity index (χ3n) is 5.66. The number of nitriles is 1. The van der Waals surface area contributed by atoms with Gasteiger partial charge in [0.05, 0.1) is 4.91 Å². The molecule has 8 heteroatoms. The summed E-state index contributed by atoms with van der Waals surface area (Å²) in [5.74, 6) is 0.655. The van der Waals surface area contributed by atoms with Gasteiger partial charge < -0.3 is 4.90 Å². The fraction of sp³-hybridized carbons (Fsp3) is 0.478. The minimum Gasteiger partial charge on any atom is -0.357 e. The van der Waals surface area contributed by atoms with Crippen LogP contribution in [-0.2, 0) is 11.3 Å². The molecule has 2 aliphatic rings. The molecule has 0 aliphatic carbocycles. The molecular weight excluding hydrogens is 428 g/mol. The van der Waals surface area contributed by atoms with E-state index in [1.54, 1.807) is 17.6 Å². The molecule has 164 valence electrons. The first-order valence-corrected chi connectivity index (χ1v) is 12.0. The summed E-state index contributed by atoms with van der Waals surface area (Å²) < 4.78 is 2.22. The van der Waals surface area contributed by atoms with Gasteiger partial charge in [0, 0.05) is 31.7 Å². The van der Waals surface area contributed by atoms with E-state index >= 15 is 0 Å². The number of carbonyl (C=O) groups is 1. The Hall–Kier alpha value is -2.37. The van der Waals surface area contributed by atoms with Crippen LogP contribution < -0.4 is 10.5 Å². The lowest BCUT2D eigenvalue weighted by atomic mass is 10.0. The molecule has 2 aliphatic heterocycles. The Labute approximate surface area is 193 Å². The Kier molecular flexibility index (Phi) is 7.74. The van der Waals surface area contributed by atoms with Crippen molar-refractivity contribution < 1.29 is 4.79 Å². The van der Waals surface area contributed by atoms with Crippen molar-refractivity contribution in [3.8, 4) is 6.07 Å². The van der Waals surface area contributed by atoms with E-state index in [1.807, 2.05) is 13.0 Å². The van der Waals surface area contributed by atoms with Gasteiger partial charge in [-0.3, -0.25) is 19.1 Å². The van der Waals surface area contributed by atoms with Crippen LogP contribution in [0.1, 0.15) is 55.7 Å². The lowest BCUT2D eigenvalue weighted by Gasteiger charge is -2.29. The number of anilines is 1. The number of hydrogen-bond acceptors (Lipinski definition) is 6. The number of thioether (sulfide) groups is 1. The molecule has 2 saturated heterocycles. The zero-order valence-electron chi connectivity index (χ0n) is 18.1. The molecule has 1 aromatic rings. The number of hydrogen-bond donors (Lipinski definition) is 0. The Morgan fingerprint density at radius 1 is 1.23 bits per heavy atom. The standard InChI is InChI=1S/C23H28N4O2S2/c1-4-10-26-20(25-12-8-6-7-9-13-25)17(16(3)18(15-24)21(26)28)14-19-22(29)27(11-5-2)23(30)31-19/h5,14H,2,4,6-13H2,1,3H3/b19-14-. The SMILES string of the molecule is C=CCN1C(=O)/C(=C/c2c(C)c(C#N)c(=O)n(CCC)c2N2CCCCCC2)SC1=S. The van der Waals surface area contributed by atoms with E-state index in [-0.39, 0.29) is 17.0 Å². The average Bonchev–Trinajstić information content (AvgIpc) is 2.94. The second-order valence-corrected chi connectivity index (χ2v) is 9.46. The van der Waals surface area contributed by atoms with Crippen molar-refractivity contribution in [1.82, 2.24) is 9.47 Å². The molecule has 1 aromatic heterocycles. The van der Waals surface area contributed by atoms with Crippen LogP contribution in [0.5, 0.6) is 0 Å². The van der Waals surface area contributed by atoms with Crippen molar-refractivity contribution in [2.24, 2.45) is 0 Å². The Bertz CT molecular complexity index is 1030. The zero-order valence-corrected chi connectivity index (χ0v) is 19.8. The van der Waals surface area contributed by atoms with Gasteiger partial charge in [-0.15, -0.1) is 6.58 Å². The van der Waals surface area contributed by atoms with Crippen LogP contribution in [-0.4, -0.2) is 39.3 Å². The molecule has 0 atom stereocenters. The van der Waals surface area contributed by atoms with Gasteiger partial charge in [-0.1, -0.05) is 49.8 Å². The summed E-state index contributed by atoms with van der Waals surface area (Å²) in [6.07, 6.45) is 8.69. The van der Waals surface area contributed by atoms with Crippen LogP contribution >= 0.6 is 24.0 Å². The second kappa shape index (κ2) is 10.3. The molecule has 0 N–H and O–H groups in total. The highest BCUT2D eigenvalue weighted by Crippen LogP contribution is 2.36. The van der Waals surface area contributed by atoms with Gasteiger partial charge in [0.15, 0.2) is 0 Å². The maximum Gasteiger partial charge on any atom is 0.270 e. The minimum atomic E-state index is -0.252. The first-order chi connectivity index (χ1) is 14.9. The summed E-state index contributed by atoms with van der Waals surface area (Å²) in [6, 6.07) is 2.10. The normalized spacial score (nSPS) is 18.4. The fourth-order valence-corrected chi connectivity index (χ4v) is 5.37. The van der Waals surface area contributed by atoms with Crippen LogP contribution in [0, 0.1) is 18.3 Å². The van der Waals surface area contributed by atoms with Gasteiger partial charge in [-0.2, -0.15) is 5.26 Å². The minimum absolute atomic E-state index is 0.139. The molecule has 0 aromatic carbocycles. The molecule has 0 bridgehead atoms. The number of nitrogens with zero attached hydrogens (tertiary/aromatic N) is 4. The summed E-state index contributed by atoms with van der Waals surface area (Å²) in [7, 11) is 0. The number of amides is 1. The third kappa shape index (κ3) is 4.63. The Morgan fingerprint density at radius 3 is 2.48 bits per heavy atom. The van der Waals surface area contributed by atoms with Crippen molar-refractivity contribution >= 4 is 46.1 Å². The predicted octanol–water partition coefficient (Wildman–Crippen LogP) is 4.21. The third-order valence-corrected chi connectivity index (χ3v) is 7.04. The monoisotopic (exact) mass is 456 g/mol. The zero-order chi connectivity index (χ0) is 22.5. The van der Waals surface area contributed by atoms with Crippen LogP contribution in [0.2, 0.25) is 0 Å². The number of rotatable bonds is 6. The van der Waals surface area contributed by atoms with E-state index in [0.29, 0.717) is 27.9 Å². The molecule has 3 rings (SSSR count). The summed E-state index contributed by atoms with van der Waals surface area (Å²) in [4.78, 5) is 30.4. The molecule has 0 unspecified atom stereocenters. The lowest BCUT2D eigenvalue weighted by molar-refractivity contribution is -0.121. The molecule has 6 nitrogen and oxygen atoms in total. The molecule has 0 saturated carbocycles. The van der Waals surface area contributed by atoms with Crippen LogP contribution in [0.15, 0.2) is 22.4 Å². The first kappa shape index (κ1) is 23.3. The van der Waals surface area contributed by atoms with E-state index in [4.69, 9.17) is 12.2 Å². The summed E-state index contributed by atoms with van der Waals surface area (Å²) in [6.45, 7) is 10.1. The number of thiocarbonyl (C=S) groups is 1. The van der Waals surface area contributed by atoms with Crippen LogP contribution in [0.3, 0.4) is 0 Å². The van der Waals surface area contributed by atoms with Crippen LogP contribution in [0.4, 0.5) is 5.82 Å². The second-order valence-electron chi connectivity index (χ2n) is 7.79. The maximum atomic E-state index is 13.2. The quantitative estimate of drug-likeness (QED) is 0.363. The summed E-state index contributed by atoms with van der Waals surface area (Å²) >= 11 is 6.64. The van der Waals surface area contributed by atoms with Crippen molar-refractivity contribution in [3.63, 3.8) is 0 Å². The molecule has 2 fully saturated rings. The molecular formula is C23H28N4O2S2. The van der Waals surface area contributed by atoms with E-state index in [2.05, 4.69) is 17.5 Å². The maximum absolute atomic E-state index is 13.2. The smallest absolute Gasteiger partial charge is 0.270 e.